The van der Waals surface area contributed by atoms with Crippen LogP contribution in [0.5, 0.6) is 5.75 Å². The summed E-state index contributed by atoms with van der Waals surface area (Å²) in [6.07, 6.45) is -4.78. The highest BCUT2D eigenvalue weighted by molar-refractivity contribution is 5.91. The Bertz CT molecular complexity index is 794. The molecular weight excluding hydrogens is 355 g/mol. The zero-order valence-corrected chi connectivity index (χ0v) is 13.4. The Balaban J connectivity index is 2.00. The highest BCUT2D eigenvalue weighted by Gasteiger charge is 2.31. The van der Waals surface area contributed by atoms with Gasteiger partial charge in [0.1, 0.15) is 11.4 Å². The number of urea groups is 1. The second-order valence-electron chi connectivity index (χ2n) is 5.21. The van der Waals surface area contributed by atoms with Gasteiger partial charge in [0.2, 0.25) is 0 Å². The number of nitrogens with one attached hydrogen (secondary N) is 2. The molecule has 138 valence electrons. The molecule has 2 aromatic rings. The number of hydrogen-bond acceptors (Lipinski definition) is 4. The van der Waals surface area contributed by atoms with Gasteiger partial charge >= 0.3 is 12.4 Å². The van der Waals surface area contributed by atoms with Gasteiger partial charge < -0.3 is 15.4 Å². The second kappa shape index (κ2) is 7.72. The van der Waals surface area contributed by atoms with Crippen LogP contribution in [0.4, 0.5) is 29.3 Å². The zero-order valence-electron chi connectivity index (χ0n) is 13.4. The monoisotopic (exact) mass is 369 g/mol. The maximum atomic E-state index is 12.1. The molecule has 2 amide bonds. The van der Waals surface area contributed by atoms with E-state index < -0.39 is 23.4 Å². The number of anilines is 1. The van der Waals surface area contributed by atoms with Crippen molar-refractivity contribution in [2.75, 3.05) is 5.32 Å². The Hall–Kier alpha value is -3.30. The van der Waals surface area contributed by atoms with Crippen LogP contribution < -0.4 is 15.4 Å². The van der Waals surface area contributed by atoms with E-state index in [9.17, 15) is 28.1 Å². The van der Waals surface area contributed by atoms with Crippen molar-refractivity contribution in [2.24, 2.45) is 0 Å². The Kier molecular flexibility index (Phi) is 5.65. The number of para-hydroxylation sites is 2. The van der Waals surface area contributed by atoms with E-state index in [2.05, 4.69) is 15.4 Å². The number of rotatable bonds is 5. The molecule has 2 rings (SSSR count). The van der Waals surface area contributed by atoms with Crippen LogP contribution in [-0.2, 0) is 0 Å². The van der Waals surface area contributed by atoms with Gasteiger partial charge in [-0.1, -0.05) is 24.3 Å². The maximum Gasteiger partial charge on any atom is 0.573 e. The number of nitrogens with zero attached hydrogens (tertiary/aromatic N) is 1. The average Bonchev–Trinajstić information content (AvgIpc) is 2.54. The molecule has 10 heteroatoms. The summed E-state index contributed by atoms with van der Waals surface area (Å²) in [5.74, 6) is -0.377. The minimum atomic E-state index is -4.78. The lowest BCUT2D eigenvalue weighted by molar-refractivity contribution is -0.383. The highest BCUT2D eigenvalue weighted by Crippen LogP contribution is 2.25. The summed E-state index contributed by atoms with van der Waals surface area (Å²) in [5.41, 5.74) is 0.289. The first-order valence-electron chi connectivity index (χ1n) is 7.32. The molecule has 0 heterocycles. The second-order valence-corrected chi connectivity index (χ2v) is 5.21. The van der Waals surface area contributed by atoms with Gasteiger partial charge in [-0.3, -0.25) is 10.1 Å². The summed E-state index contributed by atoms with van der Waals surface area (Å²) in [5, 5.41) is 15.8. The summed E-state index contributed by atoms with van der Waals surface area (Å²) in [6.45, 7) is 1.61. The molecule has 2 N–H and O–H groups in total. The molecule has 0 bridgehead atoms. The number of alkyl halides is 3. The summed E-state index contributed by atoms with van der Waals surface area (Å²) >= 11 is 0. The van der Waals surface area contributed by atoms with E-state index >= 15 is 0 Å². The number of hydrogen-bond donors (Lipinski definition) is 2. The van der Waals surface area contributed by atoms with Crippen LogP contribution in [0, 0.1) is 10.1 Å². The van der Waals surface area contributed by atoms with E-state index in [4.69, 9.17) is 0 Å². The quantitative estimate of drug-likeness (QED) is 0.604. The number of benzene rings is 2. The smallest absolute Gasteiger partial charge is 0.406 e. The zero-order chi connectivity index (χ0) is 19.3. The van der Waals surface area contributed by atoms with Gasteiger partial charge in [0.15, 0.2) is 0 Å². The molecular formula is C16H14F3N3O4. The predicted molar refractivity (Wildman–Crippen MR) is 86.8 cm³/mol. The van der Waals surface area contributed by atoms with Crippen molar-refractivity contribution in [3.8, 4) is 5.75 Å². The molecule has 1 atom stereocenters. The molecule has 7 nitrogen and oxygen atoms in total. The SMILES string of the molecule is CC(NC(=O)Nc1ccccc1[N+](=O)[O-])c1ccc(OC(F)(F)F)cc1. The van der Waals surface area contributed by atoms with Crippen molar-refractivity contribution in [1.82, 2.24) is 5.32 Å². The van der Waals surface area contributed by atoms with Crippen molar-refractivity contribution >= 4 is 17.4 Å². The van der Waals surface area contributed by atoms with Crippen LogP contribution in [-0.4, -0.2) is 17.3 Å². The van der Waals surface area contributed by atoms with E-state index in [-0.39, 0.29) is 17.1 Å². The Morgan fingerprint density at radius 2 is 1.77 bits per heavy atom. The Morgan fingerprint density at radius 1 is 1.15 bits per heavy atom. The molecule has 26 heavy (non-hydrogen) atoms. The molecule has 0 spiro atoms. The molecule has 0 aliphatic rings. The fourth-order valence-corrected chi connectivity index (χ4v) is 2.14. The third kappa shape index (κ3) is 5.36. The van der Waals surface area contributed by atoms with Crippen LogP contribution in [0.2, 0.25) is 0 Å². The summed E-state index contributed by atoms with van der Waals surface area (Å²) in [4.78, 5) is 22.3. The van der Waals surface area contributed by atoms with Gasteiger partial charge in [0, 0.05) is 6.07 Å². The lowest BCUT2D eigenvalue weighted by Crippen LogP contribution is -2.31. The van der Waals surface area contributed by atoms with E-state index in [1.54, 1.807) is 6.92 Å². The molecule has 0 radical (unpaired) electrons. The standard InChI is InChI=1S/C16H14F3N3O4/c1-10(11-6-8-12(9-7-11)26-16(17,18)19)20-15(23)21-13-4-2-3-5-14(13)22(24)25/h2-10H,1H3,(H2,20,21,23). The molecule has 0 aliphatic carbocycles. The number of nitro groups is 1. The molecule has 0 aliphatic heterocycles. The first kappa shape index (κ1) is 19.0. The van der Waals surface area contributed by atoms with Gasteiger partial charge in [-0.25, -0.2) is 4.79 Å². The number of carbonyl (C=O) groups excluding carboxylic acids is 1. The van der Waals surface area contributed by atoms with E-state index in [0.717, 1.165) is 12.1 Å². The highest BCUT2D eigenvalue weighted by atomic mass is 19.4. The summed E-state index contributed by atoms with van der Waals surface area (Å²) < 4.78 is 40.2. The third-order valence-electron chi connectivity index (χ3n) is 3.31. The van der Waals surface area contributed by atoms with Crippen LogP contribution in [0.1, 0.15) is 18.5 Å². The summed E-state index contributed by atoms with van der Waals surface area (Å²) in [7, 11) is 0. The van der Waals surface area contributed by atoms with Crippen molar-refractivity contribution in [2.45, 2.75) is 19.3 Å². The van der Waals surface area contributed by atoms with Crippen LogP contribution in [0.25, 0.3) is 0 Å². The topological polar surface area (TPSA) is 93.5 Å². The number of nitro benzene ring substituents is 1. The molecule has 0 fully saturated rings. The van der Waals surface area contributed by atoms with E-state index in [0.29, 0.717) is 5.56 Å². The van der Waals surface area contributed by atoms with Gasteiger partial charge in [0.05, 0.1) is 11.0 Å². The molecule has 0 saturated carbocycles. The average molecular weight is 369 g/mol. The maximum absolute atomic E-state index is 12.1. The van der Waals surface area contributed by atoms with Gasteiger partial charge in [-0.2, -0.15) is 0 Å². The van der Waals surface area contributed by atoms with Crippen molar-refractivity contribution in [3.63, 3.8) is 0 Å². The molecule has 0 saturated heterocycles. The third-order valence-corrected chi connectivity index (χ3v) is 3.31. The van der Waals surface area contributed by atoms with Gasteiger partial charge in [-0.15, -0.1) is 13.2 Å². The molecule has 0 aromatic heterocycles. The van der Waals surface area contributed by atoms with Gasteiger partial charge in [-0.05, 0) is 30.7 Å². The lowest BCUT2D eigenvalue weighted by atomic mass is 10.1. The first-order valence-corrected chi connectivity index (χ1v) is 7.32. The van der Waals surface area contributed by atoms with Crippen molar-refractivity contribution in [3.05, 3.63) is 64.2 Å². The van der Waals surface area contributed by atoms with Crippen molar-refractivity contribution in [1.29, 1.82) is 0 Å². The van der Waals surface area contributed by atoms with E-state index in [1.165, 1.54) is 36.4 Å². The van der Waals surface area contributed by atoms with Crippen LogP contribution in [0.15, 0.2) is 48.5 Å². The number of ether oxygens (including phenoxy) is 1. The largest absolute Gasteiger partial charge is 0.573 e. The fourth-order valence-electron chi connectivity index (χ4n) is 2.14. The lowest BCUT2D eigenvalue weighted by Gasteiger charge is -2.16. The van der Waals surface area contributed by atoms with E-state index in [1.807, 2.05) is 0 Å². The van der Waals surface area contributed by atoms with Crippen LogP contribution in [0.3, 0.4) is 0 Å². The minimum absolute atomic E-state index is 0.0242. The van der Waals surface area contributed by atoms with Crippen LogP contribution >= 0.6 is 0 Å². The molecule has 2 aromatic carbocycles. The first-order chi connectivity index (χ1) is 12.2. The summed E-state index contributed by atoms with van der Waals surface area (Å²) in [6, 6.07) is 9.37. The predicted octanol–water partition coefficient (Wildman–Crippen LogP) is 4.38. The number of carbonyl (C=O) groups is 1. The number of amides is 2. The fraction of sp³-hybridized carbons (Fsp3) is 0.188. The minimum Gasteiger partial charge on any atom is -0.406 e. The number of halogens is 3. The Labute approximate surface area is 145 Å². The molecule has 1 unspecified atom stereocenters. The Morgan fingerprint density at radius 3 is 2.35 bits per heavy atom. The van der Waals surface area contributed by atoms with Gasteiger partial charge in [0.25, 0.3) is 5.69 Å². The normalized spacial score (nSPS) is 12.2. The van der Waals surface area contributed by atoms with Crippen molar-refractivity contribution < 1.29 is 27.6 Å².